The van der Waals surface area contributed by atoms with Gasteiger partial charge in [-0.15, -0.1) is 0 Å². The lowest BCUT2D eigenvalue weighted by molar-refractivity contribution is 0.0661. The molecule has 94 valence electrons. The molecule has 0 saturated carbocycles. The third-order valence-electron chi connectivity index (χ3n) is 2.65. The molecule has 1 aliphatic heterocycles. The van der Waals surface area contributed by atoms with E-state index >= 15 is 0 Å². The SMILES string of the molecule is O=C(O)c1occc1CS(=O)CC1CCCO1. The molecule has 17 heavy (non-hydrogen) atoms. The number of hydrogen-bond donors (Lipinski definition) is 1. The van der Waals surface area contributed by atoms with Crippen molar-refractivity contribution >= 4 is 16.8 Å². The van der Waals surface area contributed by atoms with Crippen molar-refractivity contribution in [2.24, 2.45) is 0 Å². The summed E-state index contributed by atoms with van der Waals surface area (Å²) in [5.41, 5.74) is 0.480. The molecule has 0 aromatic carbocycles. The Hall–Kier alpha value is -1.14. The normalized spacial score (nSPS) is 21.5. The van der Waals surface area contributed by atoms with Crippen LogP contribution in [0.4, 0.5) is 0 Å². The molecule has 2 heterocycles. The van der Waals surface area contributed by atoms with Gasteiger partial charge in [0.1, 0.15) is 0 Å². The molecule has 0 radical (unpaired) electrons. The summed E-state index contributed by atoms with van der Waals surface area (Å²) < 4.78 is 22.1. The monoisotopic (exact) mass is 258 g/mol. The molecular formula is C11H14O5S. The molecule has 2 unspecified atom stereocenters. The summed E-state index contributed by atoms with van der Waals surface area (Å²) in [4.78, 5) is 10.8. The summed E-state index contributed by atoms with van der Waals surface area (Å²) in [6, 6.07) is 1.55. The smallest absolute Gasteiger partial charge is 0.372 e. The molecule has 1 N–H and O–H groups in total. The van der Waals surface area contributed by atoms with Gasteiger partial charge in [0.2, 0.25) is 5.76 Å². The Bertz CT molecular complexity index is 419. The van der Waals surface area contributed by atoms with Crippen molar-refractivity contribution in [3.05, 3.63) is 23.7 Å². The zero-order valence-electron chi connectivity index (χ0n) is 9.26. The van der Waals surface area contributed by atoms with E-state index in [9.17, 15) is 9.00 Å². The lowest BCUT2D eigenvalue weighted by Gasteiger charge is -2.08. The van der Waals surface area contributed by atoms with Crippen LogP contribution in [0.5, 0.6) is 0 Å². The van der Waals surface area contributed by atoms with Crippen molar-refractivity contribution in [3.63, 3.8) is 0 Å². The van der Waals surface area contributed by atoms with E-state index in [1.54, 1.807) is 6.07 Å². The Morgan fingerprint density at radius 1 is 1.59 bits per heavy atom. The lowest BCUT2D eigenvalue weighted by atomic mass is 10.3. The van der Waals surface area contributed by atoms with Crippen LogP contribution in [0, 0.1) is 0 Å². The van der Waals surface area contributed by atoms with Gasteiger partial charge in [-0.05, 0) is 18.9 Å². The maximum Gasteiger partial charge on any atom is 0.372 e. The Kier molecular flexibility index (Phi) is 3.96. The molecule has 2 atom stereocenters. The quantitative estimate of drug-likeness (QED) is 0.864. The van der Waals surface area contributed by atoms with Crippen molar-refractivity contribution in [2.45, 2.75) is 24.7 Å². The summed E-state index contributed by atoms with van der Waals surface area (Å²) in [5.74, 6) is -0.577. The number of hydrogen-bond acceptors (Lipinski definition) is 4. The Balaban J connectivity index is 1.93. The number of carboxylic acid groups (broad SMARTS) is 1. The minimum atomic E-state index is -1.13. The van der Waals surface area contributed by atoms with E-state index in [0.29, 0.717) is 11.3 Å². The topological polar surface area (TPSA) is 76.7 Å². The number of furan rings is 1. The number of carboxylic acids is 1. The van der Waals surface area contributed by atoms with Crippen LogP contribution in [0.3, 0.4) is 0 Å². The highest BCUT2D eigenvalue weighted by Crippen LogP contribution is 2.17. The van der Waals surface area contributed by atoms with Gasteiger partial charge in [0.15, 0.2) is 0 Å². The van der Waals surface area contributed by atoms with Crippen LogP contribution in [0.2, 0.25) is 0 Å². The molecule has 1 aromatic rings. The van der Waals surface area contributed by atoms with Gasteiger partial charge in [0.25, 0.3) is 0 Å². The molecule has 6 heteroatoms. The fraction of sp³-hybridized carbons (Fsp3) is 0.545. The molecule has 1 aliphatic rings. The zero-order valence-corrected chi connectivity index (χ0v) is 10.1. The first kappa shape index (κ1) is 12.3. The van der Waals surface area contributed by atoms with Crippen molar-refractivity contribution in [2.75, 3.05) is 12.4 Å². The third-order valence-corrected chi connectivity index (χ3v) is 4.03. The van der Waals surface area contributed by atoms with Crippen molar-refractivity contribution in [1.29, 1.82) is 0 Å². The molecule has 2 rings (SSSR count). The summed E-state index contributed by atoms with van der Waals surface area (Å²) in [6.07, 6.45) is 3.30. The molecule has 0 aliphatic carbocycles. The minimum Gasteiger partial charge on any atom is -0.475 e. The van der Waals surface area contributed by atoms with Crippen LogP contribution >= 0.6 is 0 Å². The van der Waals surface area contributed by atoms with Crippen molar-refractivity contribution < 1.29 is 23.3 Å². The average Bonchev–Trinajstić information content (AvgIpc) is 2.88. The predicted molar refractivity (Wildman–Crippen MR) is 61.4 cm³/mol. The van der Waals surface area contributed by atoms with Crippen LogP contribution in [0.15, 0.2) is 16.7 Å². The van der Waals surface area contributed by atoms with Crippen molar-refractivity contribution in [1.82, 2.24) is 0 Å². The van der Waals surface area contributed by atoms with E-state index < -0.39 is 16.8 Å². The second-order valence-corrected chi connectivity index (χ2v) is 5.47. The minimum absolute atomic E-state index is 0.0519. The van der Waals surface area contributed by atoms with Crippen LogP contribution in [-0.2, 0) is 21.3 Å². The Labute approximate surface area is 101 Å². The van der Waals surface area contributed by atoms with E-state index in [2.05, 4.69) is 0 Å². The predicted octanol–water partition coefficient (Wildman–Crippen LogP) is 1.41. The third kappa shape index (κ3) is 3.17. The van der Waals surface area contributed by atoms with E-state index in [-0.39, 0.29) is 17.6 Å². The van der Waals surface area contributed by atoms with E-state index in [4.69, 9.17) is 14.3 Å². The fourth-order valence-electron chi connectivity index (χ4n) is 1.85. The van der Waals surface area contributed by atoms with Crippen LogP contribution in [0.1, 0.15) is 29.0 Å². The summed E-state index contributed by atoms with van der Waals surface area (Å²) in [6.45, 7) is 0.730. The van der Waals surface area contributed by atoms with E-state index in [0.717, 1.165) is 19.4 Å². The Morgan fingerprint density at radius 2 is 2.41 bits per heavy atom. The molecule has 1 fully saturated rings. The number of ether oxygens (including phenoxy) is 1. The van der Waals surface area contributed by atoms with Crippen LogP contribution in [0.25, 0.3) is 0 Å². The second-order valence-electron chi connectivity index (χ2n) is 3.97. The van der Waals surface area contributed by atoms with Gasteiger partial charge >= 0.3 is 5.97 Å². The fourth-order valence-corrected chi connectivity index (χ4v) is 3.22. The zero-order chi connectivity index (χ0) is 12.3. The first-order valence-electron chi connectivity index (χ1n) is 5.43. The second kappa shape index (κ2) is 5.46. The maximum atomic E-state index is 11.8. The van der Waals surface area contributed by atoms with Gasteiger partial charge in [-0.3, -0.25) is 4.21 Å². The lowest BCUT2D eigenvalue weighted by Crippen LogP contribution is -2.17. The highest BCUT2D eigenvalue weighted by molar-refractivity contribution is 7.84. The molecule has 0 bridgehead atoms. The number of aromatic carboxylic acids is 1. The van der Waals surface area contributed by atoms with E-state index in [1.165, 1.54) is 6.26 Å². The van der Waals surface area contributed by atoms with Crippen LogP contribution in [-0.4, -0.2) is 33.7 Å². The largest absolute Gasteiger partial charge is 0.475 e. The van der Waals surface area contributed by atoms with Gasteiger partial charge < -0.3 is 14.3 Å². The highest BCUT2D eigenvalue weighted by Gasteiger charge is 2.21. The first-order valence-corrected chi connectivity index (χ1v) is 6.92. The molecular weight excluding hydrogens is 244 g/mol. The number of rotatable bonds is 5. The maximum absolute atomic E-state index is 11.8. The summed E-state index contributed by atoms with van der Waals surface area (Å²) in [7, 11) is -1.11. The van der Waals surface area contributed by atoms with Gasteiger partial charge in [-0.2, -0.15) is 0 Å². The molecule has 1 saturated heterocycles. The molecule has 0 spiro atoms. The Morgan fingerprint density at radius 3 is 3.06 bits per heavy atom. The van der Waals surface area contributed by atoms with Gasteiger partial charge in [0.05, 0.1) is 23.9 Å². The van der Waals surface area contributed by atoms with Crippen LogP contribution < -0.4 is 0 Å². The molecule has 5 nitrogen and oxygen atoms in total. The summed E-state index contributed by atoms with van der Waals surface area (Å²) in [5, 5.41) is 8.83. The highest BCUT2D eigenvalue weighted by atomic mass is 32.2. The average molecular weight is 258 g/mol. The summed E-state index contributed by atoms with van der Waals surface area (Å²) >= 11 is 0. The standard InChI is InChI=1S/C11H14O5S/c12-11(13)10-8(3-5-16-10)6-17(14)7-9-2-1-4-15-9/h3,5,9H,1-2,4,6-7H2,(H,12,13). The van der Waals surface area contributed by atoms with E-state index in [1.807, 2.05) is 0 Å². The first-order chi connectivity index (χ1) is 8.16. The molecule has 1 aromatic heterocycles. The number of carbonyl (C=O) groups is 1. The van der Waals surface area contributed by atoms with Gasteiger partial charge in [-0.1, -0.05) is 0 Å². The van der Waals surface area contributed by atoms with Gasteiger partial charge in [0, 0.05) is 23.0 Å². The molecule has 0 amide bonds. The van der Waals surface area contributed by atoms with Crippen molar-refractivity contribution in [3.8, 4) is 0 Å². The van der Waals surface area contributed by atoms with Gasteiger partial charge in [-0.25, -0.2) is 4.79 Å².